The zero-order valence-electron chi connectivity index (χ0n) is 17.4. The average Bonchev–Trinajstić information content (AvgIpc) is 3.18. The Labute approximate surface area is 186 Å². The molecule has 0 bridgehead atoms. The monoisotopic (exact) mass is 505 g/mol. The Hall–Kier alpha value is -1.06. The molecule has 1 atom stereocenters. The summed E-state index contributed by atoms with van der Waals surface area (Å²) in [5.74, 6) is 2.23. The minimum absolute atomic E-state index is 0. The Kier molecular flexibility index (Phi) is 13.3. The van der Waals surface area contributed by atoms with Gasteiger partial charge in [-0.1, -0.05) is 32.0 Å². The Morgan fingerprint density at radius 2 is 2.11 bits per heavy atom. The van der Waals surface area contributed by atoms with E-state index in [2.05, 4.69) is 37.5 Å². The lowest BCUT2D eigenvalue weighted by Gasteiger charge is -2.14. The van der Waals surface area contributed by atoms with E-state index < -0.39 is 0 Å². The summed E-state index contributed by atoms with van der Waals surface area (Å²) in [6, 6.07) is 8.11. The highest BCUT2D eigenvalue weighted by molar-refractivity contribution is 14.0. The minimum atomic E-state index is 0. The summed E-state index contributed by atoms with van der Waals surface area (Å²) in [7, 11) is 0. The van der Waals surface area contributed by atoms with Crippen molar-refractivity contribution < 1.29 is 14.2 Å². The summed E-state index contributed by atoms with van der Waals surface area (Å²) in [5, 5.41) is 6.66. The maximum absolute atomic E-state index is 5.92. The molecule has 28 heavy (non-hydrogen) atoms. The first-order chi connectivity index (χ1) is 13.2. The number of benzene rings is 1. The van der Waals surface area contributed by atoms with Crippen LogP contribution < -0.4 is 15.4 Å². The lowest BCUT2D eigenvalue weighted by Crippen LogP contribution is -2.38. The highest BCUT2D eigenvalue weighted by Crippen LogP contribution is 2.19. The van der Waals surface area contributed by atoms with Crippen LogP contribution in [0.15, 0.2) is 29.3 Å². The van der Waals surface area contributed by atoms with Crippen LogP contribution in [0.25, 0.3) is 0 Å². The number of ether oxygens (including phenoxy) is 3. The smallest absolute Gasteiger partial charge is 0.191 e. The first-order valence-corrected chi connectivity index (χ1v) is 10.1. The second-order valence-electron chi connectivity index (χ2n) is 7.14. The van der Waals surface area contributed by atoms with Gasteiger partial charge >= 0.3 is 0 Å². The van der Waals surface area contributed by atoms with E-state index in [1.165, 1.54) is 0 Å². The summed E-state index contributed by atoms with van der Waals surface area (Å²) in [6.07, 6.45) is 2.22. The van der Waals surface area contributed by atoms with Crippen molar-refractivity contribution >= 4 is 29.9 Å². The summed E-state index contributed by atoms with van der Waals surface area (Å²) >= 11 is 0. The average molecular weight is 505 g/mol. The molecule has 0 aromatic heterocycles. The molecular weight excluding hydrogens is 469 g/mol. The van der Waals surface area contributed by atoms with Gasteiger partial charge < -0.3 is 24.8 Å². The molecule has 0 aliphatic carbocycles. The van der Waals surface area contributed by atoms with Gasteiger partial charge in [-0.15, -0.1) is 24.0 Å². The van der Waals surface area contributed by atoms with Crippen molar-refractivity contribution in [3.05, 3.63) is 29.8 Å². The predicted molar refractivity (Wildman–Crippen MR) is 125 cm³/mol. The molecule has 1 aliphatic heterocycles. The number of nitrogens with one attached hydrogen (secondary N) is 2. The van der Waals surface area contributed by atoms with Crippen molar-refractivity contribution in [2.24, 2.45) is 10.9 Å². The zero-order chi connectivity index (χ0) is 19.3. The quantitative estimate of drug-likeness (QED) is 0.208. The largest absolute Gasteiger partial charge is 0.493 e. The Bertz CT molecular complexity index is 564. The van der Waals surface area contributed by atoms with E-state index in [4.69, 9.17) is 19.2 Å². The van der Waals surface area contributed by atoms with Crippen LogP contribution in [0.1, 0.15) is 39.2 Å². The summed E-state index contributed by atoms with van der Waals surface area (Å²) in [6.45, 7) is 11.6. The summed E-state index contributed by atoms with van der Waals surface area (Å²) in [4.78, 5) is 4.70. The third-order valence-corrected chi connectivity index (χ3v) is 4.15. The van der Waals surface area contributed by atoms with Crippen LogP contribution in [0.4, 0.5) is 0 Å². The maximum atomic E-state index is 5.92. The number of hydrogen-bond acceptors (Lipinski definition) is 4. The topological polar surface area (TPSA) is 64.1 Å². The molecule has 1 aliphatic rings. The fourth-order valence-corrected chi connectivity index (χ4v) is 2.71. The van der Waals surface area contributed by atoms with Gasteiger partial charge in [-0.25, -0.2) is 4.99 Å². The van der Waals surface area contributed by atoms with E-state index in [9.17, 15) is 0 Å². The van der Waals surface area contributed by atoms with Crippen LogP contribution in [0.5, 0.6) is 5.75 Å². The van der Waals surface area contributed by atoms with Crippen molar-refractivity contribution in [1.29, 1.82) is 0 Å². The Balaban J connectivity index is 0.00000392. The molecule has 2 rings (SSSR count). The van der Waals surface area contributed by atoms with E-state index in [1.54, 1.807) is 0 Å². The van der Waals surface area contributed by atoms with E-state index in [0.717, 1.165) is 63.0 Å². The van der Waals surface area contributed by atoms with Crippen LogP contribution in [0.2, 0.25) is 0 Å². The van der Waals surface area contributed by atoms with Gasteiger partial charge in [0, 0.05) is 31.9 Å². The molecule has 0 saturated carbocycles. The molecule has 1 aromatic carbocycles. The lowest BCUT2D eigenvalue weighted by molar-refractivity contribution is 0.0420. The van der Waals surface area contributed by atoms with Crippen molar-refractivity contribution in [2.45, 2.75) is 46.3 Å². The van der Waals surface area contributed by atoms with E-state index in [0.29, 0.717) is 19.1 Å². The summed E-state index contributed by atoms with van der Waals surface area (Å²) in [5.41, 5.74) is 1.10. The molecule has 6 nitrogen and oxygen atoms in total. The van der Waals surface area contributed by atoms with Gasteiger partial charge in [-0.2, -0.15) is 0 Å². The molecule has 0 spiro atoms. The van der Waals surface area contributed by atoms with Gasteiger partial charge in [0.2, 0.25) is 0 Å². The van der Waals surface area contributed by atoms with Crippen LogP contribution >= 0.6 is 24.0 Å². The van der Waals surface area contributed by atoms with Crippen LogP contribution in [-0.4, -0.2) is 51.6 Å². The predicted octanol–water partition coefficient (Wildman–Crippen LogP) is 3.59. The van der Waals surface area contributed by atoms with E-state index in [1.807, 2.05) is 18.2 Å². The molecule has 0 radical (unpaired) electrons. The number of para-hydroxylation sites is 1. The second-order valence-corrected chi connectivity index (χ2v) is 7.14. The third-order valence-electron chi connectivity index (χ3n) is 4.15. The number of hydrogen-bond donors (Lipinski definition) is 2. The molecule has 160 valence electrons. The van der Waals surface area contributed by atoms with Gasteiger partial charge in [0.1, 0.15) is 5.75 Å². The lowest BCUT2D eigenvalue weighted by atomic mass is 10.2. The van der Waals surface area contributed by atoms with Crippen molar-refractivity contribution in [3.63, 3.8) is 0 Å². The number of aliphatic imine (C=N–C) groups is 1. The molecule has 1 heterocycles. The number of guanidine groups is 1. The number of rotatable bonds is 11. The fraction of sp³-hybridized carbons (Fsp3) is 0.667. The molecule has 7 heteroatoms. The molecule has 0 amide bonds. The fourth-order valence-electron chi connectivity index (χ4n) is 2.71. The Morgan fingerprint density at radius 1 is 1.29 bits per heavy atom. The van der Waals surface area contributed by atoms with Crippen LogP contribution in [0, 0.1) is 5.92 Å². The Morgan fingerprint density at radius 3 is 2.82 bits per heavy atom. The van der Waals surface area contributed by atoms with Gasteiger partial charge in [-0.05, 0) is 31.7 Å². The second kappa shape index (κ2) is 14.9. The van der Waals surface area contributed by atoms with Crippen molar-refractivity contribution in [3.8, 4) is 5.75 Å². The first kappa shape index (κ1) is 25.0. The molecule has 1 aromatic rings. The van der Waals surface area contributed by atoms with Gasteiger partial charge in [-0.3, -0.25) is 0 Å². The van der Waals surface area contributed by atoms with E-state index in [-0.39, 0.29) is 30.1 Å². The molecule has 1 unspecified atom stereocenters. The van der Waals surface area contributed by atoms with Gasteiger partial charge in [0.05, 0.1) is 25.9 Å². The molecule has 2 N–H and O–H groups in total. The SMILES string of the molecule is CCNC(=NCc1ccccc1OCC(C)C)NCCCOC1CCOC1.I. The molecule has 1 saturated heterocycles. The third kappa shape index (κ3) is 9.93. The molecular formula is C21H36IN3O3. The number of halogens is 1. The van der Waals surface area contributed by atoms with Gasteiger partial charge in [0.25, 0.3) is 0 Å². The zero-order valence-corrected chi connectivity index (χ0v) is 19.7. The highest BCUT2D eigenvalue weighted by Gasteiger charge is 2.15. The van der Waals surface area contributed by atoms with Crippen molar-refractivity contribution in [2.75, 3.05) is 39.5 Å². The highest BCUT2D eigenvalue weighted by atomic mass is 127. The summed E-state index contributed by atoms with van der Waals surface area (Å²) < 4.78 is 17.0. The van der Waals surface area contributed by atoms with Crippen LogP contribution in [0.3, 0.4) is 0 Å². The van der Waals surface area contributed by atoms with Crippen molar-refractivity contribution in [1.82, 2.24) is 10.6 Å². The minimum Gasteiger partial charge on any atom is -0.493 e. The molecule has 1 fully saturated rings. The first-order valence-electron chi connectivity index (χ1n) is 10.1. The number of nitrogens with zero attached hydrogens (tertiary/aromatic N) is 1. The maximum Gasteiger partial charge on any atom is 0.191 e. The van der Waals surface area contributed by atoms with Crippen LogP contribution in [-0.2, 0) is 16.0 Å². The van der Waals surface area contributed by atoms with Gasteiger partial charge in [0.15, 0.2) is 5.96 Å². The van der Waals surface area contributed by atoms with E-state index >= 15 is 0 Å². The normalized spacial score (nSPS) is 16.7. The standard InChI is InChI=1S/C21H35N3O3.HI/c1-4-22-21(23-11-7-12-26-19-10-13-25-16-19)24-14-18-8-5-6-9-20(18)27-15-17(2)3;/h5-6,8-9,17,19H,4,7,10-16H2,1-3H3,(H2,22,23,24);1H.